The number of rotatable bonds is 5. The molecule has 0 heterocycles. The molecule has 2 heteroatoms. The molecule has 2 nitrogen and oxygen atoms in total. The summed E-state index contributed by atoms with van der Waals surface area (Å²) in [6.45, 7) is 6.90. The molecule has 1 fully saturated rings. The van der Waals surface area contributed by atoms with Crippen molar-refractivity contribution in [3.05, 3.63) is 0 Å². The van der Waals surface area contributed by atoms with Crippen molar-refractivity contribution >= 4 is 0 Å². The van der Waals surface area contributed by atoms with Crippen molar-refractivity contribution in [1.29, 1.82) is 0 Å². The number of hydrogen-bond donors (Lipinski definition) is 1. The molecule has 0 aromatic rings. The van der Waals surface area contributed by atoms with Gasteiger partial charge in [0.15, 0.2) is 0 Å². The molecule has 2 N–H and O–H groups in total. The second-order valence-electron chi connectivity index (χ2n) is 5.83. The highest BCUT2D eigenvalue weighted by molar-refractivity contribution is 4.87. The Morgan fingerprint density at radius 1 is 1.20 bits per heavy atom. The molecular weight excluding hydrogens is 184 g/mol. The molecule has 0 bridgehead atoms. The molecule has 15 heavy (non-hydrogen) atoms. The van der Waals surface area contributed by atoms with Gasteiger partial charge in [-0.15, -0.1) is 0 Å². The summed E-state index contributed by atoms with van der Waals surface area (Å²) < 4.78 is 0. The van der Waals surface area contributed by atoms with E-state index in [9.17, 15) is 0 Å². The standard InChI is InChI=1S/C13H28N2/c1-12(2)11-15(3)10-9-13(14)7-5-4-6-8-13/h12H,4-11,14H2,1-3H3. The molecule has 0 aromatic carbocycles. The van der Waals surface area contributed by atoms with Gasteiger partial charge in [-0.2, -0.15) is 0 Å². The summed E-state index contributed by atoms with van der Waals surface area (Å²) in [5.41, 5.74) is 6.57. The van der Waals surface area contributed by atoms with E-state index in [0.717, 1.165) is 12.5 Å². The first-order valence-electron chi connectivity index (χ1n) is 6.49. The number of hydrogen-bond acceptors (Lipinski definition) is 2. The van der Waals surface area contributed by atoms with Crippen molar-refractivity contribution in [2.45, 2.75) is 57.9 Å². The summed E-state index contributed by atoms with van der Waals surface area (Å²) in [5.74, 6) is 0.759. The van der Waals surface area contributed by atoms with Crippen molar-refractivity contribution in [2.24, 2.45) is 11.7 Å². The van der Waals surface area contributed by atoms with E-state index in [2.05, 4.69) is 25.8 Å². The third-order valence-electron chi connectivity index (χ3n) is 3.52. The minimum absolute atomic E-state index is 0.156. The Hall–Kier alpha value is -0.0800. The number of nitrogens with zero attached hydrogens (tertiary/aromatic N) is 1. The molecule has 90 valence electrons. The van der Waals surface area contributed by atoms with Gasteiger partial charge in [-0.05, 0) is 38.8 Å². The van der Waals surface area contributed by atoms with Crippen molar-refractivity contribution in [1.82, 2.24) is 4.90 Å². The van der Waals surface area contributed by atoms with Gasteiger partial charge in [-0.1, -0.05) is 33.1 Å². The first kappa shape index (κ1) is 13.0. The molecule has 1 aliphatic carbocycles. The SMILES string of the molecule is CC(C)CN(C)CCC1(N)CCCCC1. The van der Waals surface area contributed by atoms with Crippen LogP contribution < -0.4 is 5.73 Å². The second kappa shape index (κ2) is 5.86. The predicted molar refractivity (Wildman–Crippen MR) is 67.0 cm³/mol. The van der Waals surface area contributed by atoms with E-state index in [-0.39, 0.29) is 5.54 Å². The predicted octanol–water partition coefficient (Wildman–Crippen LogP) is 2.63. The van der Waals surface area contributed by atoms with Gasteiger partial charge in [-0.3, -0.25) is 0 Å². The maximum absolute atomic E-state index is 6.41. The van der Waals surface area contributed by atoms with Crippen LogP contribution in [0.3, 0.4) is 0 Å². The second-order valence-corrected chi connectivity index (χ2v) is 5.83. The van der Waals surface area contributed by atoms with Crippen LogP contribution in [0.2, 0.25) is 0 Å². The summed E-state index contributed by atoms with van der Waals surface area (Å²) in [6.07, 6.45) is 7.72. The van der Waals surface area contributed by atoms with E-state index in [1.165, 1.54) is 45.1 Å². The van der Waals surface area contributed by atoms with E-state index < -0.39 is 0 Å². The van der Waals surface area contributed by atoms with Gasteiger partial charge in [0, 0.05) is 12.1 Å². The van der Waals surface area contributed by atoms with Crippen LogP contribution in [0.5, 0.6) is 0 Å². The van der Waals surface area contributed by atoms with Crippen molar-refractivity contribution in [2.75, 3.05) is 20.1 Å². The highest BCUT2D eigenvalue weighted by atomic mass is 15.1. The molecule has 0 spiro atoms. The van der Waals surface area contributed by atoms with Crippen LogP contribution in [-0.4, -0.2) is 30.6 Å². The van der Waals surface area contributed by atoms with Crippen LogP contribution in [0, 0.1) is 5.92 Å². The van der Waals surface area contributed by atoms with Gasteiger partial charge < -0.3 is 10.6 Å². The molecule has 0 radical (unpaired) electrons. The maximum Gasteiger partial charge on any atom is 0.0166 e. The van der Waals surface area contributed by atoms with E-state index in [0.29, 0.717) is 0 Å². The lowest BCUT2D eigenvalue weighted by molar-refractivity contribution is 0.219. The Balaban J connectivity index is 2.22. The molecule has 0 aromatic heterocycles. The topological polar surface area (TPSA) is 29.3 Å². The molecule has 1 rings (SSSR count). The fourth-order valence-corrected chi connectivity index (χ4v) is 2.63. The molecule has 0 aliphatic heterocycles. The Labute approximate surface area is 95.2 Å². The summed E-state index contributed by atoms with van der Waals surface area (Å²) in [5, 5.41) is 0. The Morgan fingerprint density at radius 3 is 2.33 bits per heavy atom. The Bertz CT molecular complexity index is 171. The van der Waals surface area contributed by atoms with Gasteiger partial charge in [0.25, 0.3) is 0 Å². The monoisotopic (exact) mass is 212 g/mol. The number of nitrogens with two attached hydrogens (primary N) is 1. The van der Waals surface area contributed by atoms with E-state index in [1.54, 1.807) is 0 Å². The third-order valence-corrected chi connectivity index (χ3v) is 3.52. The lowest BCUT2D eigenvalue weighted by Gasteiger charge is -2.35. The largest absolute Gasteiger partial charge is 0.325 e. The van der Waals surface area contributed by atoms with Gasteiger partial charge in [0.1, 0.15) is 0 Å². The minimum Gasteiger partial charge on any atom is -0.325 e. The normalized spacial score (nSPS) is 21.2. The summed E-state index contributed by atoms with van der Waals surface area (Å²) in [4.78, 5) is 2.42. The smallest absolute Gasteiger partial charge is 0.0166 e. The highest BCUT2D eigenvalue weighted by Gasteiger charge is 2.27. The van der Waals surface area contributed by atoms with Crippen LogP contribution in [0.25, 0.3) is 0 Å². The summed E-state index contributed by atoms with van der Waals surface area (Å²) >= 11 is 0. The Morgan fingerprint density at radius 2 is 1.80 bits per heavy atom. The fourth-order valence-electron chi connectivity index (χ4n) is 2.63. The molecule has 0 atom stereocenters. The van der Waals surface area contributed by atoms with Crippen molar-refractivity contribution in [3.8, 4) is 0 Å². The van der Waals surface area contributed by atoms with E-state index >= 15 is 0 Å². The van der Waals surface area contributed by atoms with Gasteiger partial charge in [-0.25, -0.2) is 0 Å². The lowest BCUT2D eigenvalue weighted by Crippen LogP contribution is -2.44. The zero-order chi connectivity index (χ0) is 11.3. The van der Waals surface area contributed by atoms with Crippen molar-refractivity contribution < 1.29 is 0 Å². The third kappa shape index (κ3) is 4.98. The minimum atomic E-state index is 0.156. The van der Waals surface area contributed by atoms with Crippen LogP contribution in [0.1, 0.15) is 52.4 Å². The van der Waals surface area contributed by atoms with Crippen LogP contribution in [0.4, 0.5) is 0 Å². The highest BCUT2D eigenvalue weighted by Crippen LogP contribution is 2.28. The van der Waals surface area contributed by atoms with E-state index in [1.807, 2.05) is 0 Å². The molecular formula is C13H28N2. The maximum atomic E-state index is 6.41. The van der Waals surface area contributed by atoms with Crippen LogP contribution in [0.15, 0.2) is 0 Å². The van der Waals surface area contributed by atoms with Crippen LogP contribution in [-0.2, 0) is 0 Å². The fraction of sp³-hybridized carbons (Fsp3) is 1.00. The molecule has 0 amide bonds. The van der Waals surface area contributed by atoms with Gasteiger partial charge in [0.05, 0.1) is 0 Å². The molecule has 1 saturated carbocycles. The average Bonchev–Trinajstić information content (AvgIpc) is 2.15. The molecule has 1 aliphatic rings. The van der Waals surface area contributed by atoms with Crippen molar-refractivity contribution in [3.63, 3.8) is 0 Å². The first-order chi connectivity index (χ1) is 7.02. The average molecular weight is 212 g/mol. The quantitative estimate of drug-likeness (QED) is 0.759. The van der Waals surface area contributed by atoms with Crippen LogP contribution >= 0.6 is 0 Å². The van der Waals surface area contributed by atoms with Gasteiger partial charge >= 0.3 is 0 Å². The molecule has 0 unspecified atom stereocenters. The van der Waals surface area contributed by atoms with E-state index in [4.69, 9.17) is 5.73 Å². The molecule has 0 saturated heterocycles. The first-order valence-corrected chi connectivity index (χ1v) is 6.49. The summed E-state index contributed by atoms with van der Waals surface area (Å²) in [6, 6.07) is 0. The zero-order valence-corrected chi connectivity index (χ0v) is 10.8. The lowest BCUT2D eigenvalue weighted by atomic mass is 9.80. The zero-order valence-electron chi connectivity index (χ0n) is 10.8. The van der Waals surface area contributed by atoms with Gasteiger partial charge in [0.2, 0.25) is 0 Å². The summed E-state index contributed by atoms with van der Waals surface area (Å²) in [7, 11) is 2.21. The Kier molecular flexibility index (Phi) is 5.07.